The summed E-state index contributed by atoms with van der Waals surface area (Å²) in [5, 5.41) is 6.54. The normalized spacial score (nSPS) is 15.4. The molecule has 3 heterocycles. The summed E-state index contributed by atoms with van der Waals surface area (Å²) < 4.78 is 37.8. The Morgan fingerprint density at radius 2 is 1.82 bits per heavy atom. The molecular formula is C33H33FN6O5. The molecule has 0 aliphatic carbocycles. The number of fused-ring (bicyclic) bond motifs is 2. The molecule has 232 valence electrons. The molecule has 6 rings (SSSR count). The van der Waals surface area contributed by atoms with Gasteiger partial charge in [0.25, 0.3) is 5.91 Å². The van der Waals surface area contributed by atoms with Gasteiger partial charge in [-0.25, -0.2) is 19.3 Å². The number of carbonyl (C=O) groups excluding carboxylic acids is 1. The molecule has 0 unspecified atom stereocenters. The molecule has 12 heteroatoms. The number of rotatable bonds is 9. The first-order valence-corrected chi connectivity index (χ1v) is 14.4. The highest BCUT2D eigenvalue weighted by Crippen LogP contribution is 2.39. The molecular weight excluding hydrogens is 579 g/mol. The van der Waals surface area contributed by atoms with Gasteiger partial charge in [-0.3, -0.25) is 9.69 Å². The molecule has 1 atom stereocenters. The van der Waals surface area contributed by atoms with E-state index in [0.717, 1.165) is 24.9 Å². The fourth-order valence-corrected chi connectivity index (χ4v) is 5.41. The van der Waals surface area contributed by atoms with Crippen molar-refractivity contribution in [3.63, 3.8) is 0 Å². The Hall–Kier alpha value is -5.23. The molecule has 1 amide bonds. The Balaban J connectivity index is 1.28. The first-order valence-electron chi connectivity index (χ1n) is 14.4. The summed E-state index contributed by atoms with van der Waals surface area (Å²) >= 11 is 0. The Labute approximate surface area is 259 Å². The zero-order valence-corrected chi connectivity index (χ0v) is 25.6. The maximum Gasteiger partial charge on any atom is 0.284 e. The lowest BCUT2D eigenvalue weighted by Gasteiger charge is -2.17. The third kappa shape index (κ3) is 6.22. The van der Waals surface area contributed by atoms with Crippen molar-refractivity contribution in [3.05, 3.63) is 72.1 Å². The third-order valence-electron chi connectivity index (χ3n) is 7.78. The van der Waals surface area contributed by atoms with Crippen LogP contribution >= 0.6 is 0 Å². The van der Waals surface area contributed by atoms with Crippen molar-refractivity contribution in [2.75, 3.05) is 38.4 Å². The Morgan fingerprint density at radius 3 is 2.58 bits per heavy atom. The van der Waals surface area contributed by atoms with Crippen molar-refractivity contribution in [3.8, 4) is 23.0 Å². The molecule has 1 saturated heterocycles. The number of anilines is 3. The number of benzene rings is 3. The van der Waals surface area contributed by atoms with Gasteiger partial charge in [0.05, 0.1) is 31.1 Å². The van der Waals surface area contributed by atoms with Crippen LogP contribution in [0.15, 0.2) is 65.1 Å². The highest BCUT2D eigenvalue weighted by Gasteiger charge is 2.22. The van der Waals surface area contributed by atoms with Gasteiger partial charge in [-0.05, 0) is 69.3 Å². The number of amides is 1. The van der Waals surface area contributed by atoms with Crippen LogP contribution in [0.1, 0.15) is 24.3 Å². The van der Waals surface area contributed by atoms with Crippen LogP contribution in [0.2, 0.25) is 0 Å². The number of hydrogen-bond donors (Lipinski definition) is 2. The number of likely N-dealkylation sites (N-methyl/N-ethyl adjacent to an activating group) is 1. The summed E-state index contributed by atoms with van der Waals surface area (Å²) in [6.07, 6.45) is 4.54. The monoisotopic (exact) mass is 612 g/mol. The Bertz CT molecular complexity index is 1940. The number of methoxy groups -OCH3 is 2. The molecule has 45 heavy (non-hydrogen) atoms. The van der Waals surface area contributed by atoms with Crippen molar-refractivity contribution in [1.82, 2.24) is 19.9 Å². The maximum absolute atomic E-state index is 14.9. The largest absolute Gasteiger partial charge is 0.494 e. The molecule has 1 fully saturated rings. The number of hydrogen-bond acceptors (Lipinski definition) is 10. The van der Waals surface area contributed by atoms with Gasteiger partial charge in [0, 0.05) is 36.6 Å². The summed E-state index contributed by atoms with van der Waals surface area (Å²) in [6.45, 7) is 4.58. The molecule has 0 spiro atoms. The van der Waals surface area contributed by atoms with Crippen molar-refractivity contribution < 1.29 is 27.8 Å². The number of nitrogens with one attached hydrogen (secondary N) is 2. The van der Waals surface area contributed by atoms with Gasteiger partial charge in [-0.1, -0.05) is 0 Å². The zero-order chi connectivity index (χ0) is 31.7. The molecule has 2 N–H and O–H groups in total. The van der Waals surface area contributed by atoms with Gasteiger partial charge in [-0.15, -0.1) is 0 Å². The van der Waals surface area contributed by atoms with Crippen molar-refractivity contribution >= 4 is 45.1 Å². The van der Waals surface area contributed by atoms with Gasteiger partial charge in [0.2, 0.25) is 0 Å². The number of aryl methyl sites for hydroxylation is 2. The molecule has 5 aromatic rings. The number of likely N-dealkylation sites (tertiary alicyclic amines) is 1. The van der Waals surface area contributed by atoms with E-state index in [2.05, 4.69) is 25.6 Å². The first kappa shape index (κ1) is 29.8. The second kappa shape index (κ2) is 12.4. The molecule has 0 radical (unpaired) electrons. The summed E-state index contributed by atoms with van der Waals surface area (Å²) in [4.78, 5) is 28.0. The molecule has 1 aliphatic heterocycles. The number of oxazole rings is 1. The van der Waals surface area contributed by atoms with Crippen LogP contribution in [0.5, 0.6) is 23.0 Å². The topological polar surface area (TPSA) is 124 Å². The molecule has 3 aromatic carbocycles. The quantitative estimate of drug-likeness (QED) is 0.171. The fourth-order valence-electron chi connectivity index (χ4n) is 5.41. The number of aromatic nitrogens is 3. The van der Waals surface area contributed by atoms with Crippen molar-refractivity contribution in [1.29, 1.82) is 0 Å². The minimum Gasteiger partial charge on any atom is -0.494 e. The number of ether oxygens (including phenoxy) is 3. The summed E-state index contributed by atoms with van der Waals surface area (Å²) in [6, 6.07) is 12.3. The summed E-state index contributed by atoms with van der Waals surface area (Å²) in [5.74, 6) is 1.36. The van der Waals surface area contributed by atoms with E-state index in [1.54, 1.807) is 32.2 Å². The SMILES string of the molecule is COc1cc2ncnc(Nc3cc(C)c(Oc4ccc5oc(C)nc5c4)cc3OC)c2cc1NC(=O)/C(F)=C/[C@H]1CCCN1C. The van der Waals surface area contributed by atoms with E-state index in [9.17, 15) is 9.18 Å². The maximum atomic E-state index is 14.9. The smallest absolute Gasteiger partial charge is 0.284 e. The predicted octanol–water partition coefficient (Wildman–Crippen LogP) is 6.83. The van der Waals surface area contributed by atoms with Crippen LogP contribution in [0.25, 0.3) is 22.0 Å². The number of nitrogens with zero attached hydrogens (tertiary/aromatic N) is 4. The third-order valence-corrected chi connectivity index (χ3v) is 7.78. The lowest BCUT2D eigenvalue weighted by molar-refractivity contribution is -0.114. The van der Waals surface area contributed by atoms with E-state index < -0.39 is 11.7 Å². The zero-order valence-electron chi connectivity index (χ0n) is 25.6. The van der Waals surface area contributed by atoms with Gasteiger partial charge in [0.1, 0.15) is 40.7 Å². The van der Waals surface area contributed by atoms with E-state index in [0.29, 0.717) is 62.4 Å². The minimum absolute atomic E-state index is 0.116. The highest BCUT2D eigenvalue weighted by molar-refractivity contribution is 6.05. The fraction of sp³-hybridized carbons (Fsp3) is 0.273. The summed E-state index contributed by atoms with van der Waals surface area (Å²) in [7, 11) is 4.95. The number of halogens is 1. The average Bonchev–Trinajstić information content (AvgIpc) is 3.61. The van der Waals surface area contributed by atoms with Gasteiger partial charge >= 0.3 is 0 Å². The molecule has 1 aliphatic rings. The first-order chi connectivity index (χ1) is 21.7. The van der Waals surface area contributed by atoms with Crippen LogP contribution in [0, 0.1) is 13.8 Å². The van der Waals surface area contributed by atoms with Gasteiger partial charge < -0.3 is 29.3 Å². The van der Waals surface area contributed by atoms with E-state index >= 15 is 0 Å². The van der Waals surface area contributed by atoms with Crippen LogP contribution in [0.4, 0.5) is 21.6 Å². The van der Waals surface area contributed by atoms with E-state index in [1.807, 2.05) is 43.1 Å². The molecule has 11 nitrogen and oxygen atoms in total. The molecule has 0 bridgehead atoms. The Morgan fingerprint density at radius 1 is 1.02 bits per heavy atom. The van der Waals surface area contributed by atoms with Crippen molar-refractivity contribution in [2.45, 2.75) is 32.7 Å². The minimum atomic E-state index is -0.856. The predicted molar refractivity (Wildman–Crippen MR) is 169 cm³/mol. The standard InChI is InChI=1S/C33H33FN6O5/c1-18-11-25(31(43-5)16-29(18)45-21-8-9-28-26(13-21)37-19(2)44-28)38-32-22-14-27(30(42-4)15-24(22)35-17-36-32)39-33(41)23(34)12-20-7-6-10-40(20)3/h8-9,11-17,20H,6-7,10H2,1-5H3,(H,39,41)(H,35,36,38)/b23-12-/t20-/m1/s1. The second-order valence-electron chi connectivity index (χ2n) is 10.9. The highest BCUT2D eigenvalue weighted by atomic mass is 19.1. The lowest BCUT2D eigenvalue weighted by Crippen LogP contribution is -2.24. The second-order valence-corrected chi connectivity index (χ2v) is 10.9. The van der Waals surface area contributed by atoms with Crippen molar-refractivity contribution in [2.24, 2.45) is 0 Å². The molecule has 0 saturated carbocycles. The average molecular weight is 613 g/mol. The van der Waals surface area contributed by atoms with Gasteiger partial charge in [0.15, 0.2) is 17.3 Å². The molecule has 2 aromatic heterocycles. The van der Waals surface area contributed by atoms with E-state index in [1.165, 1.54) is 19.5 Å². The Kier molecular flexibility index (Phi) is 8.22. The van der Waals surface area contributed by atoms with Gasteiger partial charge in [-0.2, -0.15) is 0 Å². The van der Waals surface area contributed by atoms with Crippen LogP contribution in [-0.4, -0.2) is 59.6 Å². The number of carbonyl (C=O) groups is 1. The van der Waals surface area contributed by atoms with Crippen LogP contribution < -0.4 is 24.8 Å². The van der Waals surface area contributed by atoms with Crippen LogP contribution in [-0.2, 0) is 4.79 Å². The van der Waals surface area contributed by atoms with E-state index in [-0.39, 0.29) is 11.7 Å². The summed E-state index contributed by atoms with van der Waals surface area (Å²) in [5.41, 5.74) is 3.68. The van der Waals surface area contributed by atoms with Crippen LogP contribution in [0.3, 0.4) is 0 Å². The van der Waals surface area contributed by atoms with E-state index in [4.69, 9.17) is 18.6 Å². The lowest BCUT2D eigenvalue weighted by atomic mass is 10.1.